The molecule has 18 heavy (non-hydrogen) atoms. The summed E-state index contributed by atoms with van der Waals surface area (Å²) >= 11 is 0. The summed E-state index contributed by atoms with van der Waals surface area (Å²) in [6.07, 6.45) is 3.58. The van der Waals surface area contributed by atoms with Crippen molar-refractivity contribution in [2.24, 2.45) is 0 Å². The van der Waals surface area contributed by atoms with Gasteiger partial charge in [-0.2, -0.15) is 0 Å². The lowest BCUT2D eigenvalue weighted by Crippen LogP contribution is -2.10. The number of hydrogen-bond donors (Lipinski definition) is 1. The monoisotopic (exact) mass is 244 g/mol. The maximum atomic E-state index is 13.1. The highest BCUT2D eigenvalue weighted by atomic mass is 19.1. The maximum Gasteiger partial charge on any atom is 0.125 e. The molecule has 2 rings (SSSR count). The van der Waals surface area contributed by atoms with Gasteiger partial charge in [0.05, 0.1) is 0 Å². The lowest BCUT2D eigenvalue weighted by atomic mass is 10.0. The summed E-state index contributed by atoms with van der Waals surface area (Å²) in [7, 11) is 0. The number of benzene rings is 1. The highest BCUT2D eigenvalue weighted by Gasteiger charge is 2.06. The van der Waals surface area contributed by atoms with Gasteiger partial charge in [0.2, 0.25) is 0 Å². The highest BCUT2D eigenvalue weighted by molar-refractivity contribution is 5.50. The van der Waals surface area contributed by atoms with Crippen LogP contribution >= 0.6 is 0 Å². The van der Waals surface area contributed by atoms with E-state index in [2.05, 4.69) is 17.2 Å². The molecule has 1 unspecified atom stereocenters. The van der Waals surface area contributed by atoms with Crippen molar-refractivity contribution < 1.29 is 4.39 Å². The average Bonchev–Trinajstić information content (AvgIpc) is 2.40. The molecule has 3 heteroatoms. The summed E-state index contributed by atoms with van der Waals surface area (Å²) in [6.45, 7) is 4.88. The minimum atomic E-state index is -0.209. The molecular weight excluding hydrogens is 227 g/mol. The second kappa shape index (κ2) is 5.63. The number of aryl methyl sites for hydroxylation is 1. The van der Waals surface area contributed by atoms with Gasteiger partial charge < -0.3 is 5.32 Å². The Hall–Kier alpha value is -1.90. The van der Waals surface area contributed by atoms with Crippen molar-refractivity contribution in [1.29, 1.82) is 0 Å². The minimum absolute atomic E-state index is 0.209. The van der Waals surface area contributed by atoms with Gasteiger partial charge in [-0.25, -0.2) is 4.39 Å². The predicted octanol–water partition coefficient (Wildman–Crippen LogP) is 3.74. The summed E-state index contributed by atoms with van der Waals surface area (Å²) < 4.78 is 13.1. The van der Waals surface area contributed by atoms with Crippen LogP contribution in [-0.2, 0) is 0 Å². The zero-order valence-electron chi connectivity index (χ0n) is 10.7. The first-order valence-corrected chi connectivity index (χ1v) is 6.07. The maximum absolute atomic E-state index is 13.1. The summed E-state index contributed by atoms with van der Waals surface area (Å²) in [6, 6.07) is 8.81. The van der Waals surface area contributed by atoms with Crippen molar-refractivity contribution in [1.82, 2.24) is 4.98 Å². The van der Waals surface area contributed by atoms with Crippen molar-refractivity contribution in [3.8, 4) is 0 Å². The van der Waals surface area contributed by atoms with Crippen LogP contribution < -0.4 is 5.32 Å². The fourth-order valence-corrected chi connectivity index (χ4v) is 1.86. The van der Waals surface area contributed by atoms with Gasteiger partial charge >= 0.3 is 0 Å². The molecule has 94 valence electrons. The zero-order valence-corrected chi connectivity index (χ0v) is 10.7. The van der Waals surface area contributed by atoms with E-state index in [9.17, 15) is 4.39 Å². The van der Waals surface area contributed by atoms with Crippen molar-refractivity contribution >= 4 is 5.69 Å². The second-order valence-electron chi connectivity index (χ2n) is 4.52. The SMILES string of the molecule is Cc1ccc(F)cc1NCC(C)c1ccncc1. The molecular formula is C15H17FN2. The molecule has 1 aromatic carbocycles. The molecule has 0 radical (unpaired) electrons. The van der Waals surface area contributed by atoms with E-state index in [1.807, 2.05) is 19.1 Å². The van der Waals surface area contributed by atoms with E-state index in [1.54, 1.807) is 18.5 Å². The lowest BCUT2D eigenvalue weighted by molar-refractivity contribution is 0.627. The Labute approximate surface area is 107 Å². The molecule has 1 aromatic heterocycles. The first kappa shape index (κ1) is 12.6. The van der Waals surface area contributed by atoms with Crippen LogP contribution in [0, 0.1) is 12.7 Å². The van der Waals surface area contributed by atoms with Crippen molar-refractivity contribution in [3.63, 3.8) is 0 Å². The van der Waals surface area contributed by atoms with Crippen LogP contribution in [0.1, 0.15) is 24.0 Å². The molecule has 2 aromatic rings. The summed E-state index contributed by atoms with van der Waals surface area (Å²) in [5.74, 6) is 0.148. The number of nitrogens with zero attached hydrogens (tertiary/aromatic N) is 1. The van der Waals surface area contributed by atoms with E-state index < -0.39 is 0 Å². The van der Waals surface area contributed by atoms with Gasteiger partial charge in [0.1, 0.15) is 5.82 Å². The van der Waals surface area contributed by atoms with Gasteiger partial charge in [-0.05, 0) is 48.2 Å². The van der Waals surface area contributed by atoms with Gasteiger partial charge in [-0.15, -0.1) is 0 Å². The lowest BCUT2D eigenvalue weighted by Gasteiger charge is -2.15. The van der Waals surface area contributed by atoms with E-state index >= 15 is 0 Å². The third-order valence-corrected chi connectivity index (χ3v) is 3.07. The molecule has 1 atom stereocenters. The van der Waals surface area contributed by atoms with E-state index in [0.29, 0.717) is 5.92 Å². The van der Waals surface area contributed by atoms with Crippen LogP contribution in [0.3, 0.4) is 0 Å². The summed E-state index contributed by atoms with van der Waals surface area (Å²) in [5, 5.41) is 3.29. The van der Waals surface area contributed by atoms with Crippen LogP contribution in [-0.4, -0.2) is 11.5 Å². The van der Waals surface area contributed by atoms with E-state index in [1.165, 1.54) is 17.7 Å². The van der Waals surface area contributed by atoms with E-state index in [-0.39, 0.29) is 5.82 Å². The molecule has 0 saturated heterocycles. The van der Waals surface area contributed by atoms with Crippen LogP contribution in [0.15, 0.2) is 42.7 Å². The standard InChI is InChI=1S/C15H17FN2/c1-11-3-4-14(16)9-15(11)18-10-12(2)13-5-7-17-8-6-13/h3-9,12,18H,10H2,1-2H3. The predicted molar refractivity (Wildman–Crippen MR) is 72.3 cm³/mol. The normalized spacial score (nSPS) is 12.2. The molecule has 0 aliphatic carbocycles. The fourth-order valence-electron chi connectivity index (χ4n) is 1.86. The number of aromatic nitrogens is 1. The molecule has 0 saturated carbocycles. The Bertz CT molecular complexity index is 511. The minimum Gasteiger partial charge on any atom is -0.384 e. The third-order valence-electron chi connectivity index (χ3n) is 3.07. The highest BCUT2D eigenvalue weighted by Crippen LogP contribution is 2.19. The quantitative estimate of drug-likeness (QED) is 0.886. The topological polar surface area (TPSA) is 24.9 Å². The fraction of sp³-hybridized carbons (Fsp3) is 0.267. The number of halogens is 1. The zero-order chi connectivity index (χ0) is 13.0. The Morgan fingerprint density at radius 3 is 2.67 bits per heavy atom. The van der Waals surface area contributed by atoms with Gasteiger partial charge in [0.15, 0.2) is 0 Å². The molecule has 2 nitrogen and oxygen atoms in total. The van der Waals surface area contributed by atoms with Crippen molar-refractivity contribution in [3.05, 3.63) is 59.7 Å². The number of nitrogens with one attached hydrogen (secondary N) is 1. The van der Waals surface area contributed by atoms with E-state index in [4.69, 9.17) is 0 Å². The van der Waals surface area contributed by atoms with Crippen LogP contribution in [0.5, 0.6) is 0 Å². The van der Waals surface area contributed by atoms with Gasteiger partial charge in [0, 0.05) is 24.6 Å². The van der Waals surface area contributed by atoms with Gasteiger partial charge in [-0.3, -0.25) is 4.98 Å². The molecule has 0 fully saturated rings. The van der Waals surface area contributed by atoms with Crippen molar-refractivity contribution in [2.75, 3.05) is 11.9 Å². The van der Waals surface area contributed by atoms with Crippen molar-refractivity contribution in [2.45, 2.75) is 19.8 Å². The molecule has 0 spiro atoms. The largest absolute Gasteiger partial charge is 0.384 e. The molecule has 0 aliphatic rings. The Morgan fingerprint density at radius 1 is 1.22 bits per heavy atom. The first-order valence-electron chi connectivity index (χ1n) is 6.07. The molecule has 0 amide bonds. The molecule has 0 bridgehead atoms. The number of rotatable bonds is 4. The van der Waals surface area contributed by atoms with Gasteiger partial charge in [0.25, 0.3) is 0 Å². The smallest absolute Gasteiger partial charge is 0.125 e. The number of pyridine rings is 1. The van der Waals surface area contributed by atoms with Gasteiger partial charge in [-0.1, -0.05) is 13.0 Å². The van der Waals surface area contributed by atoms with Crippen LogP contribution in [0.2, 0.25) is 0 Å². The average molecular weight is 244 g/mol. The van der Waals surface area contributed by atoms with Crippen LogP contribution in [0.25, 0.3) is 0 Å². The Balaban J connectivity index is 2.01. The third kappa shape index (κ3) is 3.06. The second-order valence-corrected chi connectivity index (χ2v) is 4.52. The number of hydrogen-bond acceptors (Lipinski definition) is 2. The Kier molecular flexibility index (Phi) is 3.92. The number of anilines is 1. The molecule has 0 aliphatic heterocycles. The van der Waals surface area contributed by atoms with Crippen LogP contribution in [0.4, 0.5) is 10.1 Å². The Morgan fingerprint density at radius 2 is 1.94 bits per heavy atom. The molecule has 1 N–H and O–H groups in total. The molecule has 1 heterocycles. The summed E-state index contributed by atoms with van der Waals surface area (Å²) in [4.78, 5) is 4.00. The summed E-state index contributed by atoms with van der Waals surface area (Å²) in [5.41, 5.74) is 3.14. The first-order chi connectivity index (χ1) is 8.66. The van der Waals surface area contributed by atoms with E-state index in [0.717, 1.165) is 17.8 Å².